The molecule has 0 bridgehead atoms. The van der Waals surface area contributed by atoms with E-state index in [1.165, 1.54) is 12.8 Å². The molecule has 1 fully saturated rings. The molecule has 0 saturated heterocycles. The van der Waals surface area contributed by atoms with Gasteiger partial charge in [-0.1, -0.05) is 0 Å². The Hall–Kier alpha value is -0.0800. The Kier molecular flexibility index (Phi) is 3.74. The molecule has 1 aliphatic carbocycles. The number of rotatable bonds is 5. The van der Waals surface area contributed by atoms with E-state index in [1.54, 1.807) is 0 Å². The van der Waals surface area contributed by atoms with Gasteiger partial charge in [0.2, 0.25) is 0 Å². The van der Waals surface area contributed by atoms with E-state index < -0.39 is 0 Å². The Labute approximate surface area is 81.9 Å². The molecule has 3 atom stereocenters. The molecule has 1 N–H and O–H groups in total. The molecule has 1 aliphatic rings. The molecule has 0 spiro atoms. The van der Waals surface area contributed by atoms with Gasteiger partial charge in [0.05, 0.1) is 6.10 Å². The lowest BCUT2D eigenvalue weighted by Crippen LogP contribution is -2.39. The highest BCUT2D eigenvalue weighted by atomic mass is 16.3. The van der Waals surface area contributed by atoms with Gasteiger partial charge < -0.3 is 10.0 Å². The number of aliphatic hydroxyl groups is 1. The molecule has 2 heteroatoms. The molecule has 3 unspecified atom stereocenters. The minimum atomic E-state index is -0.177. The zero-order valence-corrected chi connectivity index (χ0v) is 9.33. The molecule has 1 saturated carbocycles. The highest BCUT2D eigenvalue weighted by Crippen LogP contribution is 2.35. The molecule has 1 rings (SSSR count). The summed E-state index contributed by atoms with van der Waals surface area (Å²) in [7, 11) is 2.18. The maximum Gasteiger partial charge on any atom is 0.0526 e. The monoisotopic (exact) mass is 185 g/mol. The van der Waals surface area contributed by atoms with Gasteiger partial charge in [0.15, 0.2) is 0 Å². The first kappa shape index (κ1) is 11.0. The molecule has 13 heavy (non-hydrogen) atoms. The lowest BCUT2D eigenvalue weighted by molar-refractivity contribution is 0.108. The van der Waals surface area contributed by atoms with Gasteiger partial charge in [-0.2, -0.15) is 0 Å². The maximum atomic E-state index is 9.28. The van der Waals surface area contributed by atoms with Crippen molar-refractivity contribution in [3.05, 3.63) is 0 Å². The van der Waals surface area contributed by atoms with Crippen LogP contribution in [0.5, 0.6) is 0 Å². The third-order valence-corrected chi connectivity index (χ3v) is 3.32. The Morgan fingerprint density at radius 1 is 1.31 bits per heavy atom. The molecule has 0 aromatic carbocycles. The largest absolute Gasteiger partial charge is 0.393 e. The Bertz CT molecular complexity index is 154. The average molecular weight is 185 g/mol. The van der Waals surface area contributed by atoms with Crippen LogP contribution in [0.3, 0.4) is 0 Å². The van der Waals surface area contributed by atoms with Crippen LogP contribution in [0.1, 0.15) is 40.0 Å². The molecule has 2 nitrogen and oxygen atoms in total. The van der Waals surface area contributed by atoms with Crippen molar-refractivity contribution in [2.45, 2.75) is 58.2 Å². The summed E-state index contributed by atoms with van der Waals surface area (Å²) in [6, 6.07) is 1.18. The highest BCUT2D eigenvalue weighted by molar-refractivity contribution is 4.86. The summed E-state index contributed by atoms with van der Waals surface area (Å²) in [5.41, 5.74) is 0. The van der Waals surface area contributed by atoms with Crippen molar-refractivity contribution < 1.29 is 5.11 Å². The fourth-order valence-corrected chi connectivity index (χ4v) is 1.97. The number of hydrogen-bond acceptors (Lipinski definition) is 2. The smallest absolute Gasteiger partial charge is 0.0526 e. The van der Waals surface area contributed by atoms with Crippen LogP contribution < -0.4 is 0 Å². The van der Waals surface area contributed by atoms with Crippen LogP contribution in [0.4, 0.5) is 0 Å². The Morgan fingerprint density at radius 2 is 1.85 bits per heavy atom. The first-order valence-corrected chi connectivity index (χ1v) is 5.42. The lowest BCUT2D eigenvalue weighted by atomic mass is 10.1. The van der Waals surface area contributed by atoms with Gasteiger partial charge in [-0.3, -0.25) is 0 Å². The van der Waals surface area contributed by atoms with E-state index in [-0.39, 0.29) is 6.10 Å². The second-order valence-corrected chi connectivity index (χ2v) is 4.68. The van der Waals surface area contributed by atoms with Crippen molar-refractivity contribution in [2.24, 2.45) is 5.92 Å². The van der Waals surface area contributed by atoms with Gasteiger partial charge in [-0.15, -0.1) is 0 Å². The molecular weight excluding hydrogens is 162 g/mol. The Balaban J connectivity index is 2.31. The lowest BCUT2D eigenvalue weighted by Gasteiger charge is -2.31. The molecular formula is C11H23NO. The first-order valence-electron chi connectivity index (χ1n) is 5.42. The van der Waals surface area contributed by atoms with Crippen LogP contribution in [0.15, 0.2) is 0 Å². The minimum absolute atomic E-state index is 0.177. The van der Waals surface area contributed by atoms with Crippen LogP contribution in [0.25, 0.3) is 0 Å². The van der Waals surface area contributed by atoms with Crippen molar-refractivity contribution in [3.8, 4) is 0 Å². The fraction of sp³-hybridized carbons (Fsp3) is 1.00. The predicted octanol–water partition coefficient (Wildman–Crippen LogP) is 1.88. The van der Waals surface area contributed by atoms with Crippen molar-refractivity contribution in [1.82, 2.24) is 4.90 Å². The number of nitrogens with zero attached hydrogens (tertiary/aromatic N) is 1. The molecule has 0 aromatic rings. The Morgan fingerprint density at radius 3 is 2.23 bits per heavy atom. The van der Waals surface area contributed by atoms with Gasteiger partial charge in [0.1, 0.15) is 0 Å². The number of hydrogen-bond donors (Lipinski definition) is 1. The predicted molar refractivity (Wildman–Crippen MR) is 55.7 cm³/mol. The summed E-state index contributed by atoms with van der Waals surface area (Å²) in [6.07, 6.45) is 3.50. The third kappa shape index (κ3) is 3.28. The summed E-state index contributed by atoms with van der Waals surface area (Å²) in [5.74, 6) is 0.918. The average Bonchev–Trinajstić information content (AvgIpc) is 2.82. The van der Waals surface area contributed by atoms with Gasteiger partial charge in [-0.05, 0) is 53.0 Å². The molecule has 0 aliphatic heterocycles. The van der Waals surface area contributed by atoms with E-state index in [2.05, 4.69) is 25.8 Å². The van der Waals surface area contributed by atoms with E-state index in [0.717, 1.165) is 12.3 Å². The summed E-state index contributed by atoms with van der Waals surface area (Å²) < 4.78 is 0. The first-order chi connectivity index (χ1) is 6.02. The molecule has 0 amide bonds. The van der Waals surface area contributed by atoms with E-state index in [1.807, 2.05) is 6.92 Å². The SMILES string of the molecule is CC(O)CC(C)N(C)C(C)C1CC1. The standard InChI is InChI=1S/C11H23NO/c1-8(7-9(2)13)12(4)10(3)11-5-6-11/h8-11,13H,5-7H2,1-4H3. The van der Waals surface area contributed by atoms with E-state index in [4.69, 9.17) is 0 Å². The van der Waals surface area contributed by atoms with Crippen molar-refractivity contribution >= 4 is 0 Å². The normalized spacial score (nSPS) is 24.5. The van der Waals surface area contributed by atoms with E-state index >= 15 is 0 Å². The minimum Gasteiger partial charge on any atom is -0.393 e. The molecule has 0 radical (unpaired) electrons. The van der Waals surface area contributed by atoms with Crippen molar-refractivity contribution in [3.63, 3.8) is 0 Å². The third-order valence-electron chi connectivity index (χ3n) is 3.32. The van der Waals surface area contributed by atoms with Gasteiger partial charge >= 0.3 is 0 Å². The van der Waals surface area contributed by atoms with Gasteiger partial charge in [0, 0.05) is 12.1 Å². The van der Waals surface area contributed by atoms with Crippen LogP contribution in [-0.2, 0) is 0 Å². The second kappa shape index (κ2) is 4.43. The van der Waals surface area contributed by atoms with Crippen LogP contribution in [-0.4, -0.2) is 35.2 Å². The topological polar surface area (TPSA) is 23.5 Å². The van der Waals surface area contributed by atoms with Crippen LogP contribution in [0.2, 0.25) is 0 Å². The van der Waals surface area contributed by atoms with Crippen LogP contribution >= 0.6 is 0 Å². The summed E-state index contributed by atoms with van der Waals surface area (Å²) in [6.45, 7) is 6.37. The molecule has 0 aromatic heterocycles. The zero-order valence-electron chi connectivity index (χ0n) is 9.33. The van der Waals surface area contributed by atoms with E-state index in [9.17, 15) is 5.11 Å². The maximum absolute atomic E-state index is 9.28. The van der Waals surface area contributed by atoms with Crippen molar-refractivity contribution in [1.29, 1.82) is 0 Å². The molecule has 0 heterocycles. The fourth-order valence-electron chi connectivity index (χ4n) is 1.97. The second-order valence-electron chi connectivity index (χ2n) is 4.68. The zero-order chi connectivity index (χ0) is 10.0. The highest BCUT2D eigenvalue weighted by Gasteiger charge is 2.32. The van der Waals surface area contributed by atoms with Crippen molar-refractivity contribution in [2.75, 3.05) is 7.05 Å². The summed E-state index contributed by atoms with van der Waals surface area (Å²) in [4.78, 5) is 2.41. The summed E-state index contributed by atoms with van der Waals surface area (Å²) >= 11 is 0. The quantitative estimate of drug-likeness (QED) is 0.707. The molecule has 78 valence electrons. The van der Waals surface area contributed by atoms with E-state index in [0.29, 0.717) is 12.1 Å². The van der Waals surface area contributed by atoms with Gasteiger partial charge in [-0.25, -0.2) is 0 Å². The summed E-state index contributed by atoms with van der Waals surface area (Å²) in [5, 5.41) is 9.28. The van der Waals surface area contributed by atoms with Crippen LogP contribution in [0, 0.1) is 5.92 Å². The number of aliphatic hydroxyl groups excluding tert-OH is 1. The van der Waals surface area contributed by atoms with Gasteiger partial charge in [0.25, 0.3) is 0 Å².